The summed E-state index contributed by atoms with van der Waals surface area (Å²) in [4.78, 5) is 23.7. The van der Waals surface area contributed by atoms with Gasteiger partial charge >= 0.3 is 11.8 Å². The molecule has 1 heterocycles. The molecule has 0 bridgehead atoms. The van der Waals surface area contributed by atoms with E-state index in [1.54, 1.807) is 18.0 Å². The van der Waals surface area contributed by atoms with Crippen LogP contribution in [0, 0.1) is 0 Å². The molecule has 152 valence electrons. The van der Waals surface area contributed by atoms with Gasteiger partial charge in [0.05, 0.1) is 19.0 Å². The summed E-state index contributed by atoms with van der Waals surface area (Å²) in [5.74, 6) is -0.815. The van der Waals surface area contributed by atoms with Crippen LogP contribution in [0.4, 0.5) is 0 Å². The normalized spacial score (nSPS) is 13.2. The van der Waals surface area contributed by atoms with Crippen LogP contribution >= 0.6 is 0 Å². The lowest BCUT2D eigenvalue weighted by Gasteiger charge is -2.06. The van der Waals surface area contributed by atoms with E-state index in [0.29, 0.717) is 17.0 Å². The van der Waals surface area contributed by atoms with Gasteiger partial charge in [-0.1, -0.05) is 30.3 Å². The summed E-state index contributed by atoms with van der Waals surface area (Å²) in [6.45, 7) is 0. The molecule has 1 aromatic heterocycles. The van der Waals surface area contributed by atoms with Crippen molar-refractivity contribution in [1.82, 2.24) is 20.5 Å². The van der Waals surface area contributed by atoms with Gasteiger partial charge in [0.25, 0.3) is 0 Å². The van der Waals surface area contributed by atoms with E-state index in [-0.39, 0.29) is 6.04 Å². The number of nitrogens with zero attached hydrogens (tertiary/aromatic N) is 3. The number of hydrogen-bond donors (Lipinski definition) is 2. The molecule has 0 saturated heterocycles. The molecule has 2 N–H and O–H groups in total. The number of carbonyl (C=O) groups excluding carboxylic acids is 2. The van der Waals surface area contributed by atoms with Crippen molar-refractivity contribution < 1.29 is 14.3 Å². The van der Waals surface area contributed by atoms with E-state index in [4.69, 9.17) is 9.84 Å². The number of nitrogens with one attached hydrogen (secondary N) is 2. The standard InChI is InChI=1S/C22H21N5O3/c1-30-19-10-6-5-9-18(19)20-15(14-27(26-20)17-7-3-2-4-8-17)13-23-25-22(29)21(28)24-16-11-12-16/h2-10,13-14,16H,11-12H2,1H3,(H,24,28)(H,25,29)/b23-13-. The van der Waals surface area contributed by atoms with Gasteiger partial charge in [-0.3, -0.25) is 9.59 Å². The topological polar surface area (TPSA) is 97.6 Å². The molecule has 1 aliphatic rings. The fourth-order valence-corrected chi connectivity index (χ4v) is 2.93. The first-order valence-electron chi connectivity index (χ1n) is 9.58. The van der Waals surface area contributed by atoms with Gasteiger partial charge in [0.15, 0.2) is 0 Å². The van der Waals surface area contributed by atoms with Crippen molar-refractivity contribution in [2.24, 2.45) is 5.10 Å². The van der Waals surface area contributed by atoms with Crippen LogP contribution < -0.4 is 15.5 Å². The fourth-order valence-electron chi connectivity index (χ4n) is 2.93. The van der Waals surface area contributed by atoms with E-state index < -0.39 is 11.8 Å². The molecule has 0 spiro atoms. The average Bonchev–Trinajstić information content (AvgIpc) is 3.50. The third-order valence-electron chi connectivity index (χ3n) is 4.61. The van der Waals surface area contributed by atoms with E-state index in [9.17, 15) is 9.59 Å². The summed E-state index contributed by atoms with van der Waals surface area (Å²) in [5.41, 5.74) is 5.23. The molecule has 2 amide bonds. The largest absolute Gasteiger partial charge is 0.496 e. The van der Waals surface area contributed by atoms with E-state index in [1.165, 1.54) is 6.21 Å². The first-order chi connectivity index (χ1) is 14.7. The highest BCUT2D eigenvalue weighted by molar-refractivity contribution is 6.35. The van der Waals surface area contributed by atoms with Crippen LogP contribution in [0.25, 0.3) is 16.9 Å². The van der Waals surface area contributed by atoms with Crippen molar-refractivity contribution in [2.75, 3.05) is 7.11 Å². The number of para-hydroxylation sites is 2. The minimum Gasteiger partial charge on any atom is -0.496 e. The summed E-state index contributed by atoms with van der Waals surface area (Å²) < 4.78 is 7.20. The van der Waals surface area contributed by atoms with Gasteiger partial charge in [-0.05, 0) is 37.1 Å². The molecule has 1 fully saturated rings. The quantitative estimate of drug-likeness (QED) is 0.375. The second kappa shape index (κ2) is 8.60. The molecule has 1 saturated carbocycles. The predicted molar refractivity (Wildman–Crippen MR) is 112 cm³/mol. The van der Waals surface area contributed by atoms with Gasteiger partial charge in [0.1, 0.15) is 11.4 Å². The monoisotopic (exact) mass is 403 g/mol. The Morgan fingerprint density at radius 2 is 1.83 bits per heavy atom. The summed E-state index contributed by atoms with van der Waals surface area (Å²) in [5, 5.41) is 11.3. The number of rotatable bonds is 6. The van der Waals surface area contributed by atoms with Crippen molar-refractivity contribution in [3.63, 3.8) is 0 Å². The SMILES string of the molecule is COc1ccccc1-c1nn(-c2ccccc2)cc1/C=N\NC(=O)C(=O)NC1CC1. The minimum absolute atomic E-state index is 0.105. The van der Waals surface area contributed by atoms with Crippen molar-refractivity contribution in [2.45, 2.75) is 18.9 Å². The van der Waals surface area contributed by atoms with Crippen molar-refractivity contribution in [1.29, 1.82) is 0 Å². The van der Waals surface area contributed by atoms with E-state index >= 15 is 0 Å². The zero-order valence-electron chi connectivity index (χ0n) is 16.4. The second-order valence-electron chi connectivity index (χ2n) is 6.86. The molecular formula is C22H21N5O3. The van der Waals surface area contributed by atoms with Crippen LogP contribution in [0.5, 0.6) is 5.75 Å². The Labute approximate surface area is 173 Å². The van der Waals surface area contributed by atoms with Crippen LogP contribution in [-0.4, -0.2) is 41.0 Å². The Morgan fingerprint density at radius 1 is 1.10 bits per heavy atom. The second-order valence-corrected chi connectivity index (χ2v) is 6.86. The Hall–Kier alpha value is -3.94. The third-order valence-corrected chi connectivity index (χ3v) is 4.61. The Morgan fingerprint density at radius 3 is 2.57 bits per heavy atom. The summed E-state index contributed by atoms with van der Waals surface area (Å²) in [6.07, 6.45) is 5.08. The maximum Gasteiger partial charge on any atom is 0.329 e. The van der Waals surface area contributed by atoms with Gasteiger partial charge in [0, 0.05) is 23.4 Å². The number of benzene rings is 2. The fraction of sp³-hybridized carbons (Fsp3) is 0.182. The number of carbonyl (C=O) groups is 2. The van der Waals surface area contributed by atoms with Crippen molar-refractivity contribution >= 4 is 18.0 Å². The lowest BCUT2D eigenvalue weighted by atomic mass is 10.1. The van der Waals surface area contributed by atoms with Gasteiger partial charge in [-0.15, -0.1) is 0 Å². The zero-order chi connectivity index (χ0) is 20.9. The lowest BCUT2D eigenvalue weighted by Crippen LogP contribution is -2.38. The molecule has 0 radical (unpaired) electrons. The highest BCUT2D eigenvalue weighted by Crippen LogP contribution is 2.31. The number of amides is 2. The molecule has 8 heteroatoms. The lowest BCUT2D eigenvalue weighted by molar-refractivity contribution is -0.139. The van der Waals surface area contributed by atoms with Gasteiger partial charge in [-0.2, -0.15) is 10.2 Å². The predicted octanol–water partition coefficient (Wildman–Crippen LogP) is 2.28. The molecular weight excluding hydrogens is 382 g/mol. The molecule has 8 nitrogen and oxygen atoms in total. The highest BCUT2D eigenvalue weighted by atomic mass is 16.5. The van der Waals surface area contributed by atoms with Gasteiger partial charge in [0.2, 0.25) is 0 Å². The molecule has 4 rings (SSSR count). The van der Waals surface area contributed by atoms with E-state index in [2.05, 4.69) is 15.8 Å². The molecule has 2 aromatic carbocycles. The Balaban J connectivity index is 1.62. The molecule has 0 atom stereocenters. The summed E-state index contributed by atoms with van der Waals surface area (Å²) in [6, 6.07) is 17.3. The first-order valence-corrected chi connectivity index (χ1v) is 9.58. The zero-order valence-corrected chi connectivity index (χ0v) is 16.4. The third kappa shape index (κ3) is 4.38. The van der Waals surface area contributed by atoms with Gasteiger partial charge < -0.3 is 10.1 Å². The average molecular weight is 403 g/mol. The molecule has 3 aromatic rings. The number of hydrogen-bond acceptors (Lipinski definition) is 5. The smallest absolute Gasteiger partial charge is 0.329 e. The first kappa shape index (κ1) is 19.4. The van der Waals surface area contributed by atoms with Crippen LogP contribution in [0.2, 0.25) is 0 Å². The number of ether oxygens (including phenoxy) is 1. The maximum absolute atomic E-state index is 11.9. The highest BCUT2D eigenvalue weighted by Gasteiger charge is 2.26. The maximum atomic E-state index is 11.9. The number of hydrazone groups is 1. The molecule has 30 heavy (non-hydrogen) atoms. The number of aromatic nitrogens is 2. The van der Waals surface area contributed by atoms with Crippen LogP contribution in [-0.2, 0) is 9.59 Å². The number of methoxy groups -OCH3 is 1. The van der Waals surface area contributed by atoms with Crippen LogP contribution in [0.1, 0.15) is 18.4 Å². The molecule has 1 aliphatic carbocycles. The van der Waals surface area contributed by atoms with E-state index in [1.807, 2.05) is 54.6 Å². The van der Waals surface area contributed by atoms with Crippen LogP contribution in [0.3, 0.4) is 0 Å². The van der Waals surface area contributed by atoms with Crippen LogP contribution in [0.15, 0.2) is 65.9 Å². The summed E-state index contributed by atoms with van der Waals surface area (Å²) in [7, 11) is 1.60. The van der Waals surface area contributed by atoms with Gasteiger partial charge in [-0.25, -0.2) is 10.1 Å². The molecule has 0 aliphatic heterocycles. The Kier molecular flexibility index (Phi) is 5.56. The molecule has 0 unspecified atom stereocenters. The van der Waals surface area contributed by atoms with Crippen molar-refractivity contribution in [3.8, 4) is 22.7 Å². The minimum atomic E-state index is -0.799. The summed E-state index contributed by atoms with van der Waals surface area (Å²) >= 11 is 0. The van der Waals surface area contributed by atoms with E-state index in [0.717, 1.165) is 24.1 Å². The Bertz CT molecular complexity index is 1090. The van der Waals surface area contributed by atoms with Crippen molar-refractivity contribution in [3.05, 3.63) is 66.4 Å².